The summed E-state index contributed by atoms with van der Waals surface area (Å²) < 4.78 is 19.4. The Morgan fingerprint density at radius 2 is 1.88 bits per heavy atom. The third-order valence-electron chi connectivity index (χ3n) is 6.57. The maximum absolute atomic E-state index is 13.9. The molecule has 0 saturated carbocycles. The standard InChI is InChI=1S/C26H32FN3O3/c1-19-7-9-20(10-8-19)26(32)30-11-3-5-22(18-30)25(31)28-17-24(29-12-14-33-15-13-29)21-4-2-6-23(27)16-21/h2,4,6-10,16,22,24H,3,5,11-15,17-18H2,1H3,(H,28,31). The normalized spacial score (nSPS) is 20.3. The first kappa shape index (κ1) is 23.4. The molecule has 2 aromatic rings. The number of aryl methyl sites for hydroxylation is 1. The summed E-state index contributed by atoms with van der Waals surface area (Å²) in [5.74, 6) is -0.606. The van der Waals surface area contributed by atoms with Gasteiger partial charge in [-0.1, -0.05) is 29.8 Å². The molecular formula is C26H32FN3O3. The molecule has 33 heavy (non-hydrogen) atoms. The van der Waals surface area contributed by atoms with Crippen molar-refractivity contribution in [2.45, 2.75) is 25.8 Å². The maximum atomic E-state index is 13.9. The van der Waals surface area contributed by atoms with Crippen LogP contribution in [-0.4, -0.2) is 67.6 Å². The zero-order chi connectivity index (χ0) is 23.2. The van der Waals surface area contributed by atoms with Crippen LogP contribution in [0.2, 0.25) is 0 Å². The van der Waals surface area contributed by atoms with Gasteiger partial charge >= 0.3 is 0 Å². The number of carbonyl (C=O) groups excluding carboxylic acids is 2. The van der Waals surface area contributed by atoms with Crippen LogP contribution in [0.1, 0.15) is 40.4 Å². The monoisotopic (exact) mass is 453 g/mol. The Balaban J connectivity index is 1.39. The number of carbonyl (C=O) groups is 2. The highest BCUT2D eigenvalue weighted by Gasteiger charge is 2.30. The van der Waals surface area contributed by atoms with E-state index in [0.29, 0.717) is 38.4 Å². The summed E-state index contributed by atoms with van der Waals surface area (Å²) in [5.41, 5.74) is 2.60. The predicted molar refractivity (Wildman–Crippen MR) is 124 cm³/mol. The van der Waals surface area contributed by atoms with Crippen molar-refractivity contribution in [1.82, 2.24) is 15.1 Å². The smallest absolute Gasteiger partial charge is 0.253 e. The van der Waals surface area contributed by atoms with Crippen molar-refractivity contribution in [3.05, 3.63) is 71.0 Å². The summed E-state index contributed by atoms with van der Waals surface area (Å²) >= 11 is 0. The average molecular weight is 454 g/mol. The van der Waals surface area contributed by atoms with Gasteiger partial charge in [-0.2, -0.15) is 0 Å². The number of hydrogen-bond donors (Lipinski definition) is 1. The number of benzene rings is 2. The Labute approximate surface area is 194 Å². The summed E-state index contributed by atoms with van der Waals surface area (Å²) in [7, 11) is 0. The van der Waals surface area contributed by atoms with Crippen molar-refractivity contribution in [2.75, 3.05) is 45.9 Å². The van der Waals surface area contributed by atoms with Gasteiger partial charge in [0.15, 0.2) is 0 Å². The third kappa shape index (κ3) is 5.97. The molecule has 0 bridgehead atoms. The van der Waals surface area contributed by atoms with Crippen LogP contribution in [0.4, 0.5) is 4.39 Å². The van der Waals surface area contributed by atoms with Gasteiger partial charge in [0.05, 0.1) is 25.2 Å². The molecule has 2 aromatic carbocycles. The number of ether oxygens (including phenoxy) is 1. The minimum atomic E-state index is -0.283. The molecule has 4 rings (SSSR count). The van der Waals surface area contributed by atoms with E-state index in [-0.39, 0.29) is 29.6 Å². The SMILES string of the molecule is Cc1ccc(C(=O)N2CCCC(C(=O)NCC(c3cccc(F)c3)N3CCOCC3)C2)cc1. The van der Waals surface area contributed by atoms with Crippen molar-refractivity contribution in [2.24, 2.45) is 5.92 Å². The van der Waals surface area contributed by atoms with Crippen molar-refractivity contribution in [3.63, 3.8) is 0 Å². The average Bonchev–Trinajstić information content (AvgIpc) is 2.85. The fourth-order valence-electron chi connectivity index (χ4n) is 4.66. The highest BCUT2D eigenvalue weighted by atomic mass is 19.1. The lowest BCUT2D eigenvalue weighted by molar-refractivity contribution is -0.126. The largest absolute Gasteiger partial charge is 0.379 e. The third-order valence-corrected chi connectivity index (χ3v) is 6.57. The lowest BCUT2D eigenvalue weighted by Gasteiger charge is -2.36. The Hall–Kier alpha value is -2.77. The molecule has 2 heterocycles. The molecule has 176 valence electrons. The van der Waals surface area contributed by atoms with E-state index >= 15 is 0 Å². The fraction of sp³-hybridized carbons (Fsp3) is 0.462. The van der Waals surface area contributed by atoms with Gasteiger partial charge in [-0.15, -0.1) is 0 Å². The second-order valence-electron chi connectivity index (χ2n) is 8.92. The van der Waals surface area contributed by atoms with E-state index in [1.807, 2.05) is 37.3 Å². The van der Waals surface area contributed by atoms with E-state index in [1.54, 1.807) is 11.0 Å². The maximum Gasteiger partial charge on any atom is 0.253 e. The van der Waals surface area contributed by atoms with Crippen LogP contribution in [-0.2, 0) is 9.53 Å². The zero-order valence-corrected chi connectivity index (χ0v) is 19.1. The van der Waals surface area contributed by atoms with Gasteiger partial charge in [-0.25, -0.2) is 4.39 Å². The highest BCUT2D eigenvalue weighted by Crippen LogP contribution is 2.23. The quantitative estimate of drug-likeness (QED) is 0.730. The van der Waals surface area contributed by atoms with Crippen molar-refractivity contribution < 1.29 is 18.7 Å². The molecule has 2 amide bonds. The Bertz CT molecular complexity index is 960. The minimum Gasteiger partial charge on any atom is -0.379 e. The van der Waals surface area contributed by atoms with E-state index in [9.17, 15) is 14.0 Å². The van der Waals surface area contributed by atoms with Crippen LogP contribution >= 0.6 is 0 Å². The zero-order valence-electron chi connectivity index (χ0n) is 19.1. The Morgan fingerprint density at radius 3 is 2.61 bits per heavy atom. The molecule has 2 aliphatic rings. The van der Waals surface area contributed by atoms with E-state index < -0.39 is 0 Å². The lowest BCUT2D eigenvalue weighted by Crippen LogP contribution is -2.48. The van der Waals surface area contributed by atoms with Crippen LogP contribution in [0.3, 0.4) is 0 Å². The molecule has 7 heteroatoms. The molecule has 2 atom stereocenters. The van der Waals surface area contributed by atoms with Gasteiger partial charge in [0.25, 0.3) is 5.91 Å². The van der Waals surface area contributed by atoms with Gasteiger partial charge in [-0.05, 0) is 49.6 Å². The second kappa shape index (κ2) is 10.9. The molecule has 0 aromatic heterocycles. The fourth-order valence-corrected chi connectivity index (χ4v) is 4.66. The number of piperidine rings is 1. The molecule has 1 N–H and O–H groups in total. The molecule has 2 aliphatic heterocycles. The number of hydrogen-bond acceptors (Lipinski definition) is 4. The summed E-state index contributed by atoms with van der Waals surface area (Å²) in [6.45, 7) is 6.18. The summed E-state index contributed by atoms with van der Waals surface area (Å²) in [5, 5.41) is 3.09. The molecule has 2 saturated heterocycles. The Kier molecular flexibility index (Phi) is 7.73. The van der Waals surface area contributed by atoms with Crippen LogP contribution in [0.25, 0.3) is 0 Å². The number of morpholine rings is 1. The summed E-state index contributed by atoms with van der Waals surface area (Å²) in [6, 6.07) is 14.0. The van der Waals surface area contributed by atoms with E-state index in [0.717, 1.165) is 37.1 Å². The second-order valence-corrected chi connectivity index (χ2v) is 8.92. The molecule has 2 fully saturated rings. The van der Waals surface area contributed by atoms with E-state index in [4.69, 9.17) is 4.74 Å². The first-order valence-corrected chi connectivity index (χ1v) is 11.7. The number of likely N-dealkylation sites (tertiary alicyclic amines) is 1. The minimum absolute atomic E-state index is 0.0292. The molecule has 0 radical (unpaired) electrons. The number of halogens is 1. The molecular weight excluding hydrogens is 421 g/mol. The number of amides is 2. The van der Waals surface area contributed by atoms with E-state index in [2.05, 4.69) is 10.2 Å². The van der Waals surface area contributed by atoms with Crippen molar-refractivity contribution in [3.8, 4) is 0 Å². The van der Waals surface area contributed by atoms with E-state index in [1.165, 1.54) is 12.1 Å². The van der Waals surface area contributed by atoms with Gasteiger partial charge in [0.2, 0.25) is 5.91 Å². The van der Waals surface area contributed by atoms with Crippen LogP contribution in [0.15, 0.2) is 48.5 Å². The number of rotatable bonds is 6. The summed E-state index contributed by atoms with van der Waals surface area (Å²) in [6.07, 6.45) is 1.55. The van der Waals surface area contributed by atoms with Crippen molar-refractivity contribution >= 4 is 11.8 Å². The van der Waals surface area contributed by atoms with Crippen LogP contribution < -0.4 is 5.32 Å². The first-order chi connectivity index (χ1) is 16.0. The predicted octanol–water partition coefficient (Wildman–Crippen LogP) is 3.18. The number of nitrogens with zero attached hydrogens (tertiary/aromatic N) is 2. The molecule has 0 aliphatic carbocycles. The highest BCUT2D eigenvalue weighted by molar-refractivity contribution is 5.94. The van der Waals surface area contributed by atoms with Crippen LogP contribution in [0.5, 0.6) is 0 Å². The van der Waals surface area contributed by atoms with Crippen molar-refractivity contribution in [1.29, 1.82) is 0 Å². The molecule has 0 spiro atoms. The topological polar surface area (TPSA) is 61.9 Å². The van der Waals surface area contributed by atoms with Gasteiger partial charge in [0, 0.05) is 38.3 Å². The first-order valence-electron chi connectivity index (χ1n) is 11.7. The van der Waals surface area contributed by atoms with Gasteiger partial charge in [0.1, 0.15) is 5.82 Å². The molecule has 6 nitrogen and oxygen atoms in total. The molecule has 2 unspecified atom stereocenters. The summed E-state index contributed by atoms with van der Waals surface area (Å²) in [4.78, 5) is 30.0. The van der Waals surface area contributed by atoms with Gasteiger partial charge < -0.3 is 15.0 Å². The Morgan fingerprint density at radius 1 is 1.12 bits per heavy atom. The number of nitrogens with one attached hydrogen (secondary N) is 1. The van der Waals surface area contributed by atoms with Gasteiger partial charge in [-0.3, -0.25) is 14.5 Å². The van der Waals surface area contributed by atoms with Crippen LogP contribution in [0, 0.1) is 18.7 Å². The lowest BCUT2D eigenvalue weighted by atomic mass is 9.96.